The SMILES string of the molecule is COc1ccc(-c2csc3nc(NC(=O)COc4ccc(C)cc4)nn23)cc1. The molecule has 0 aliphatic carbocycles. The lowest BCUT2D eigenvalue weighted by Crippen LogP contribution is -2.20. The summed E-state index contributed by atoms with van der Waals surface area (Å²) >= 11 is 1.45. The molecule has 28 heavy (non-hydrogen) atoms. The number of ether oxygens (including phenoxy) is 2. The van der Waals surface area contributed by atoms with E-state index in [0.717, 1.165) is 22.6 Å². The number of amides is 1. The molecule has 0 radical (unpaired) electrons. The lowest BCUT2D eigenvalue weighted by molar-refractivity contribution is -0.118. The van der Waals surface area contributed by atoms with Gasteiger partial charge in [-0.05, 0) is 43.3 Å². The minimum atomic E-state index is -0.315. The first-order chi connectivity index (χ1) is 13.6. The van der Waals surface area contributed by atoms with Gasteiger partial charge in [-0.2, -0.15) is 4.98 Å². The van der Waals surface area contributed by atoms with E-state index in [-0.39, 0.29) is 18.5 Å². The molecular weight excluding hydrogens is 376 g/mol. The van der Waals surface area contributed by atoms with Gasteiger partial charge in [0, 0.05) is 10.9 Å². The van der Waals surface area contributed by atoms with Crippen LogP contribution in [0.1, 0.15) is 5.56 Å². The summed E-state index contributed by atoms with van der Waals surface area (Å²) in [7, 11) is 1.63. The first-order valence-corrected chi connectivity index (χ1v) is 9.48. The third kappa shape index (κ3) is 3.81. The summed E-state index contributed by atoms with van der Waals surface area (Å²) in [5.41, 5.74) is 3.01. The predicted molar refractivity (Wildman–Crippen MR) is 108 cm³/mol. The van der Waals surface area contributed by atoms with Crippen molar-refractivity contribution in [3.05, 3.63) is 59.5 Å². The van der Waals surface area contributed by atoms with E-state index in [4.69, 9.17) is 9.47 Å². The maximum absolute atomic E-state index is 12.1. The largest absolute Gasteiger partial charge is 0.497 e. The number of carbonyl (C=O) groups excluding carboxylic acids is 1. The number of rotatable bonds is 6. The van der Waals surface area contributed by atoms with Crippen LogP contribution in [-0.4, -0.2) is 34.2 Å². The zero-order chi connectivity index (χ0) is 19.5. The highest BCUT2D eigenvalue weighted by atomic mass is 32.1. The highest BCUT2D eigenvalue weighted by molar-refractivity contribution is 7.15. The van der Waals surface area contributed by atoms with Crippen LogP contribution in [0, 0.1) is 6.92 Å². The van der Waals surface area contributed by atoms with Gasteiger partial charge in [-0.1, -0.05) is 17.7 Å². The molecule has 8 heteroatoms. The molecule has 0 saturated carbocycles. The van der Waals surface area contributed by atoms with Gasteiger partial charge in [0.25, 0.3) is 11.9 Å². The number of nitrogens with zero attached hydrogens (tertiary/aromatic N) is 3. The van der Waals surface area contributed by atoms with Gasteiger partial charge in [-0.15, -0.1) is 16.4 Å². The van der Waals surface area contributed by atoms with E-state index in [1.165, 1.54) is 11.3 Å². The topological polar surface area (TPSA) is 77.8 Å². The number of aryl methyl sites for hydroxylation is 1. The average Bonchev–Trinajstić information content (AvgIpc) is 3.28. The van der Waals surface area contributed by atoms with Crippen LogP contribution < -0.4 is 14.8 Å². The van der Waals surface area contributed by atoms with Gasteiger partial charge in [-0.25, -0.2) is 4.52 Å². The smallest absolute Gasteiger partial charge is 0.264 e. The summed E-state index contributed by atoms with van der Waals surface area (Å²) in [6, 6.07) is 15.2. The summed E-state index contributed by atoms with van der Waals surface area (Å²) in [6.45, 7) is 1.88. The summed E-state index contributed by atoms with van der Waals surface area (Å²) in [6.07, 6.45) is 0. The monoisotopic (exact) mass is 394 g/mol. The number of aromatic nitrogens is 3. The number of methoxy groups -OCH3 is 1. The number of thiazole rings is 1. The van der Waals surface area contributed by atoms with Crippen molar-refractivity contribution in [2.45, 2.75) is 6.92 Å². The molecule has 142 valence electrons. The molecule has 2 heterocycles. The Balaban J connectivity index is 1.45. The fourth-order valence-electron chi connectivity index (χ4n) is 2.64. The molecule has 4 rings (SSSR count). The minimum absolute atomic E-state index is 0.110. The first kappa shape index (κ1) is 18.0. The number of benzene rings is 2. The van der Waals surface area contributed by atoms with Gasteiger partial charge >= 0.3 is 0 Å². The molecule has 0 bridgehead atoms. The predicted octanol–water partition coefficient (Wildman–Crippen LogP) is 3.79. The van der Waals surface area contributed by atoms with E-state index in [9.17, 15) is 4.79 Å². The van der Waals surface area contributed by atoms with Crippen molar-refractivity contribution in [2.75, 3.05) is 19.0 Å². The molecule has 2 aromatic heterocycles. The molecule has 1 amide bonds. The Bertz CT molecular complexity index is 1100. The van der Waals surface area contributed by atoms with Crippen molar-refractivity contribution < 1.29 is 14.3 Å². The van der Waals surface area contributed by atoms with E-state index in [1.807, 2.05) is 60.8 Å². The molecule has 0 atom stereocenters. The van der Waals surface area contributed by atoms with Crippen molar-refractivity contribution in [3.8, 4) is 22.8 Å². The summed E-state index contributed by atoms with van der Waals surface area (Å²) in [4.78, 5) is 17.2. The first-order valence-electron chi connectivity index (χ1n) is 8.60. The number of fused-ring (bicyclic) bond motifs is 1. The third-order valence-electron chi connectivity index (χ3n) is 4.11. The molecule has 1 N–H and O–H groups in total. The van der Waals surface area contributed by atoms with E-state index >= 15 is 0 Å². The van der Waals surface area contributed by atoms with Crippen LogP contribution in [0.5, 0.6) is 11.5 Å². The van der Waals surface area contributed by atoms with Crippen LogP contribution in [0.25, 0.3) is 16.2 Å². The molecule has 7 nitrogen and oxygen atoms in total. The van der Waals surface area contributed by atoms with E-state index in [1.54, 1.807) is 11.6 Å². The Morgan fingerprint density at radius 2 is 1.82 bits per heavy atom. The number of nitrogens with one attached hydrogen (secondary N) is 1. The summed E-state index contributed by atoms with van der Waals surface area (Å²) in [5, 5.41) is 9.05. The zero-order valence-corrected chi connectivity index (χ0v) is 16.2. The van der Waals surface area contributed by atoms with Crippen molar-refractivity contribution in [1.82, 2.24) is 14.6 Å². The van der Waals surface area contributed by atoms with Crippen LogP contribution in [0.2, 0.25) is 0 Å². The lowest BCUT2D eigenvalue weighted by Gasteiger charge is -2.05. The maximum atomic E-state index is 12.1. The third-order valence-corrected chi connectivity index (χ3v) is 4.93. The summed E-state index contributed by atoms with van der Waals surface area (Å²) in [5.74, 6) is 1.36. The number of hydrogen-bond donors (Lipinski definition) is 1. The molecule has 0 aliphatic heterocycles. The Morgan fingerprint density at radius 3 is 2.54 bits per heavy atom. The number of carbonyl (C=O) groups is 1. The van der Waals surface area contributed by atoms with Crippen molar-refractivity contribution >= 4 is 28.2 Å². The quantitative estimate of drug-likeness (QED) is 0.538. The second-order valence-electron chi connectivity index (χ2n) is 6.13. The average molecular weight is 394 g/mol. The molecule has 0 fully saturated rings. The standard InChI is InChI=1S/C20H18N4O3S/c1-13-3-7-16(8-4-13)27-11-18(25)21-19-22-20-24(23-19)17(12-28-20)14-5-9-15(26-2)10-6-14/h3-10,12H,11H2,1-2H3,(H,21,23,25). The van der Waals surface area contributed by atoms with E-state index in [2.05, 4.69) is 15.4 Å². The molecule has 0 unspecified atom stereocenters. The lowest BCUT2D eigenvalue weighted by atomic mass is 10.2. The number of hydrogen-bond acceptors (Lipinski definition) is 6. The second kappa shape index (κ2) is 7.69. The molecule has 0 spiro atoms. The van der Waals surface area contributed by atoms with E-state index in [0.29, 0.717) is 10.7 Å². The van der Waals surface area contributed by atoms with Gasteiger partial charge in [0.1, 0.15) is 11.5 Å². The Hall–Kier alpha value is -3.39. The van der Waals surface area contributed by atoms with Gasteiger partial charge in [-0.3, -0.25) is 10.1 Å². The van der Waals surface area contributed by atoms with Crippen molar-refractivity contribution in [2.24, 2.45) is 0 Å². The zero-order valence-electron chi connectivity index (χ0n) is 15.4. The van der Waals surface area contributed by atoms with E-state index < -0.39 is 0 Å². The van der Waals surface area contributed by atoms with Gasteiger partial charge in [0.2, 0.25) is 4.96 Å². The van der Waals surface area contributed by atoms with Crippen molar-refractivity contribution in [3.63, 3.8) is 0 Å². The fraction of sp³-hybridized carbons (Fsp3) is 0.150. The Morgan fingerprint density at radius 1 is 1.11 bits per heavy atom. The van der Waals surface area contributed by atoms with Gasteiger partial charge in [0.15, 0.2) is 6.61 Å². The second-order valence-corrected chi connectivity index (χ2v) is 6.97. The van der Waals surface area contributed by atoms with Crippen molar-refractivity contribution in [1.29, 1.82) is 0 Å². The van der Waals surface area contributed by atoms with Crippen LogP contribution in [-0.2, 0) is 4.79 Å². The van der Waals surface area contributed by atoms with Gasteiger partial charge < -0.3 is 9.47 Å². The molecule has 2 aromatic carbocycles. The highest BCUT2D eigenvalue weighted by Crippen LogP contribution is 2.27. The highest BCUT2D eigenvalue weighted by Gasteiger charge is 2.14. The summed E-state index contributed by atoms with van der Waals surface area (Å²) < 4.78 is 12.4. The number of anilines is 1. The molecule has 0 saturated heterocycles. The molecule has 0 aliphatic rings. The van der Waals surface area contributed by atoms with Gasteiger partial charge in [0.05, 0.1) is 12.8 Å². The van der Waals surface area contributed by atoms with Crippen LogP contribution in [0.15, 0.2) is 53.9 Å². The normalized spacial score (nSPS) is 10.8. The fourth-order valence-corrected chi connectivity index (χ4v) is 3.47. The van der Waals surface area contributed by atoms with Crippen LogP contribution in [0.3, 0.4) is 0 Å². The molecule has 4 aromatic rings. The Labute approximate surface area is 165 Å². The minimum Gasteiger partial charge on any atom is -0.497 e. The van der Waals surface area contributed by atoms with Crippen LogP contribution in [0.4, 0.5) is 5.95 Å². The maximum Gasteiger partial charge on any atom is 0.264 e. The Kier molecular flexibility index (Phi) is 4.94. The molecular formula is C20H18N4O3S. The van der Waals surface area contributed by atoms with Crippen LogP contribution >= 0.6 is 11.3 Å².